The normalized spacial score (nSPS) is 45.3. The van der Waals surface area contributed by atoms with E-state index in [1.165, 1.54) is 51.4 Å². The van der Waals surface area contributed by atoms with Crippen LogP contribution in [0, 0.1) is 58.2 Å². The van der Waals surface area contributed by atoms with Crippen LogP contribution in [0.2, 0.25) is 0 Å². The molecule has 4 aliphatic rings. The minimum atomic E-state index is -0.415. The fourth-order valence-corrected chi connectivity index (χ4v) is 9.43. The number of aromatic nitrogens is 2. The minimum absolute atomic E-state index is 0.415. The van der Waals surface area contributed by atoms with Gasteiger partial charge in [0.1, 0.15) is 6.07 Å². The number of nitrogens with zero attached hydrogens (tertiary/aromatic N) is 3. The van der Waals surface area contributed by atoms with Gasteiger partial charge in [0.2, 0.25) is 0 Å². The molecule has 31 heavy (non-hydrogen) atoms. The topological polar surface area (TPSA) is 61.8 Å². The van der Waals surface area contributed by atoms with Crippen LogP contribution in [0.5, 0.6) is 0 Å². The second-order valence-electron chi connectivity index (χ2n) is 12.0. The van der Waals surface area contributed by atoms with Crippen LogP contribution < -0.4 is 0 Å². The van der Waals surface area contributed by atoms with E-state index in [-0.39, 0.29) is 0 Å². The van der Waals surface area contributed by atoms with E-state index in [4.69, 9.17) is 5.26 Å². The van der Waals surface area contributed by atoms with Gasteiger partial charge < -0.3 is 5.11 Å². The van der Waals surface area contributed by atoms with E-state index in [1.54, 1.807) is 6.20 Å². The second kappa shape index (κ2) is 7.91. The summed E-state index contributed by atoms with van der Waals surface area (Å²) in [4.78, 5) is 0. The Kier molecular flexibility index (Phi) is 5.48. The van der Waals surface area contributed by atoms with Crippen LogP contribution in [0.3, 0.4) is 0 Å². The quantitative estimate of drug-likeness (QED) is 0.665. The highest BCUT2D eigenvalue weighted by atomic mass is 16.3. The van der Waals surface area contributed by atoms with Crippen molar-refractivity contribution in [1.82, 2.24) is 9.78 Å². The van der Waals surface area contributed by atoms with Gasteiger partial charge in [0.25, 0.3) is 0 Å². The van der Waals surface area contributed by atoms with Gasteiger partial charge in [-0.15, -0.1) is 0 Å². The van der Waals surface area contributed by atoms with Crippen LogP contribution in [0.15, 0.2) is 12.4 Å². The molecule has 0 aromatic carbocycles. The molecule has 1 aromatic rings. The SMILES string of the molecule is CC[C@]12CC[C@H]3[C@@H](CC[C@@H]4C[C@](C)(O)CC[C@@H]43)[C@@H]1CC[C@@H]2C(C)Cn1cc(C#N)cn1. The third kappa shape index (κ3) is 3.56. The van der Waals surface area contributed by atoms with E-state index in [9.17, 15) is 5.11 Å². The lowest BCUT2D eigenvalue weighted by Gasteiger charge is -2.58. The summed E-state index contributed by atoms with van der Waals surface area (Å²) in [5, 5.41) is 24.2. The summed E-state index contributed by atoms with van der Waals surface area (Å²) in [5.41, 5.74) is 0.769. The predicted molar refractivity (Wildman–Crippen MR) is 122 cm³/mol. The van der Waals surface area contributed by atoms with Crippen molar-refractivity contribution in [1.29, 1.82) is 5.26 Å². The highest BCUT2D eigenvalue weighted by molar-refractivity contribution is 5.21. The van der Waals surface area contributed by atoms with Crippen LogP contribution in [0.25, 0.3) is 0 Å². The molecule has 0 radical (unpaired) electrons. The molecule has 0 saturated heterocycles. The minimum Gasteiger partial charge on any atom is -0.390 e. The van der Waals surface area contributed by atoms with Crippen molar-refractivity contribution in [3.63, 3.8) is 0 Å². The average molecular weight is 424 g/mol. The van der Waals surface area contributed by atoms with Crippen molar-refractivity contribution in [3.05, 3.63) is 18.0 Å². The molecular formula is C27H41N3O. The molecule has 1 aromatic heterocycles. The van der Waals surface area contributed by atoms with Crippen molar-refractivity contribution in [2.75, 3.05) is 0 Å². The highest BCUT2D eigenvalue weighted by Gasteiger charge is 2.59. The Labute approximate surface area is 188 Å². The first-order valence-electron chi connectivity index (χ1n) is 13.0. The van der Waals surface area contributed by atoms with E-state index >= 15 is 0 Å². The Morgan fingerprint density at radius 1 is 1.16 bits per heavy atom. The molecule has 170 valence electrons. The molecule has 4 fully saturated rings. The smallest absolute Gasteiger partial charge is 0.102 e. The Morgan fingerprint density at radius 3 is 2.71 bits per heavy atom. The zero-order valence-corrected chi connectivity index (χ0v) is 19.8. The van der Waals surface area contributed by atoms with Crippen LogP contribution in [0.1, 0.15) is 90.5 Å². The van der Waals surface area contributed by atoms with Crippen LogP contribution in [0.4, 0.5) is 0 Å². The molecule has 4 nitrogen and oxygen atoms in total. The molecule has 4 aliphatic carbocycles. The second-order valence-corrected chi connectivity index (χ2v) is 12.0. The van der Waals surface area contributed by atoms with Gasteiger partial charge in [-0.1, -0.05) is 13.8 Å². The van der Waals surface area contributed by atoms with E-state index in [0.717, 1.165) is 54.9 Å². The Morgan fingerprint density at radius 2 is 1.97 bits per heavy atom. The molecule has 0 amide bonds. The molecule has 1 N–H and O–H groups in total. The van der Waals surface area contributed by atoms with Gasteiger partial charge in [0, 0.05) is 12.7 Å². The fraction of sp³-hybridized carbons (Fsp3) is 0.852. The van der Waals surface area contributed by atoms with Crippen molar-refractivity contribution in [2.45, 2.75) is 97.1 Å². The fourth-order valence-electron chi connectivity index (χ4n) is 9.43. The third-order valence-electron chi connectivity index (χ3n) is 10.6. The molecule has 0 spiro atoms. The summed E-state index contributed by atoms with van der Waals surface area (Å²) in [6.07, 6.45) is 16.6. The average Bonchev–Trinajstić information content (AvgIpc) is 3.37. The van der Waals surface area contributed by atoms with Gasteiger partial charge in [0.15, 0.2) is 0 Å². The van der Waals surface area contributed by atoms with E-state index in [2.05, 4.69) is 31.9 Å². The molecule has 0 aliphatic heterocycles. The van der Waals surface area contributed by atoms with Crippen molar-refractivity contribution in [3.8, 4) is 6.07 Å². The van der Waals surface area contributed by atoms with E-state index < -0.39 is 5.60 Å². The standard InChI is InChI=1S/C27H41N3O/c1-4-27-12-10-22-21-9-11-26(3,31)13-20(21)5-6-23(22)25(27)8-7-24(27)18(2)16-30-17-19(14-28)15-29-30/h15,17-18,20-25,31H,4-13,16H2,1-3H3/t18?,20-,21+,22-,23-,24-,25+,26-,27-/m1/s1. The molecular weight excluding hydrogens is 382 g/mol. The highest BCUT2D eigenvalue weighted by Crippen LogP contribution is 2.67. The lowest BCUT2D eigenvalue weighted by Crippen LogP contribution is -2.51. The largest absolute Gasteiger partial charge is 0.390 e. The summed E-state index contributed by atoms with van der Waals surface area (Å²) in [7, 11) is 0. The van der Waals surface area contributed by atoms with Crippen molar-refractivity contribution < 1.29 is 5.11 Å². The maximum atomic E-state index is 10.6. The van der Waals surface area contributed by atoms with Crippen LogP contribution in [-0.2, 0) is 6.54 Å². The van der Waals surface area contributed by atoms with Gasteiger partial charge in [-0.3, -0.25) is 4.68 Å². The molecule has 4 heteroatoms. The number of nitriles is 1. The maximum absolute atomic E-state index is 10.6. The first kappa shape index (κ1) is 21.5. The van der Waals surface area contributed by atoms with E-state index in [1.807, 2.05) is 10.9 Å². The van der Waals surface area contributed by atoms with Crippen LogP contribution >= 0.6 is 0 Å². The zero-order chi connectivity index (χ0) is 21.8. The number of fused-ring (bicyclic) bond motifs is 5. The van der Waals surface area contributed by atoms with Gasteiger partial charge in [-0.05, 0) is 118 Å². The summed E-state index contributed by atoms with van der Waals surface area (Å²) in [6.45, 7) is 7.91. The van der Waals surface area contributed by atoms with Gasteiger partial charge in [0.05, 0.1) is 17.4 Å². The molecule has 1 heterocycles. The van der Waals surface area contributed by atoms with Gasteiger partial charge in [-0.2, -0.15) is 10.4 Å². The zero-order valence-electron chi connectivity index (χ0n) is 19.8. The predicted octanol–water partition coefficient (Wildman–Crippen LogP) is 5.80. The molecule has 1 unspecified atom stereocenters. The number of hydrogen-bond acceptors (Lipinski definition) is 3. The lowest BCUT2D eigenvalue weighted by molar-refractivity contribution is -0.108. The number of hydrogen-bond donors (Lipinski definition) is 1. The Bertz CT molecular complexity index is 838. The van der Waals surface area contributed by atoms with E-state index in [0.29, 0.717) is 16.9 Å². The van der Waals surface area contributed by atoms with Crippen LogP contribution in [-0.4, -0.2) is 20.5 Å². The maximum Gasteiger partial charge on any atom is 0.102 e. The molecule has 4 saturated carbocycles. The molecule has 9 atom stereocenters. The Hall–Kier alpha value is -1.34. The number of rotatable bonds is 4. The molecule has 0 bridgehead atoms. The first-order valence-corrected chi connectivity index (χ1v) is 13.0. The summed E-state index contributed by atoms with van der Waals surface area (Å²) in [5.74, 6) is 5.77. The van der Waals surface area contributed by atoms with Gasteiger partial charge >= 0.3 is 0 Å². The van der Waals surface area contributed by atoms with Gasteiger partial charge in [-0.25, -0.2) is 0 Å². The third-order valence-corrected chi connectivity index (χ3v) is 10.6. The summed E-state index contributed by atoms with van der Waals surface area (Å²) < 4.78 is 2.00. The van der Waals surface area contributed by atoms with Crippen molar-refractivity contribution in [2.24, 2.45) is 46.8 Å². The monoisotopic (exact) mass is 423 g/mol. The summed E-state index contributed by atoms with van der Waals surface area (Å²) in [6, 6.07) is 2.21. The summed E-state index contributed by atoms with van der Waals surface area (Å²) >= 11 is 0. The molecule has 5 rings (SSSR count). The first-order chi connectivity index (χ1) is 14.9. The van der Waals surface area contributed by atoms with Crippen molar-refractivity contribution >= 4 is 0 Å². The number of aliphatic hydroxyl groups is 1. The Balaban J connectivity index is 1.33. The lowest BCUT2D eigenvalue weighted by atomic mass is 9.47.